The van der Waals surface area contributed by atoms with Crippen molar-refractivity contribution in [3.63, 3.8) is 0 Å². The van der Waals surface area contributed by atoms with Crippen molar-refractivity contribution in [1.82, 2.24) is 0 Å². The number of hydrogen-bond donors (Lipinski definition) is 0. The summed E-state index contributed by atoms with van der Waals surface area (Å²) in [7, 11) is 0. The molecule has 0 aliphatic rings. The maximum Gasteiger partial charge on any atom is 0.342 e. The second-order valence-corrected chi connectivity index (χ2v) is 9.92. The van der Waals surface area contributed by atoms with Crippen LogP contribution in [0.25, 0.3) is 22.3 Å². The van der Waals surface area contributed by atoms with Crippen LogP contribution in [0.5, 0.6) is 11.5 Å². The van der Waals surface area contributed by atoms with E-state index < -0.39 is 29.7 Å². The molecule has 0 heterocycles. The summed E-state index contributed by atoms with van der Waals surface area (Å²) in [5.74, 6) is -2.61. The van der Waals surface area contributed by atoms with E-state index in [0.29, 0.717) is 28.0 Å². The molecule has 0 atom stereocenters. The molecule has 0 saturated carbocycles. The van der Waals surface area contributed by atoms with E-state index in [1.807, 2.05) is 0 Å². The maximum atomic E-state index is 15.3. The van der Waals surface area contributed by atoms with Crippen molar-refractivity contribution in [2.24, 2.45) is 0 Å². The van der Waals surface area contributed by atoms with Crippen molar-refractivity contribution in [2.75, 3.05) is 26.4 Å². The standard InChI is InChI=1S/C35H33FO9/c1-21(2)32(37)42-16-15-41-31-20-26(10-14-29(31)35(40)44-18-17-43-33(38)22(3)4)25-9-13-28(30(36)19-25)24-7-11-27(12-8-24)45-34(39)23(5)6/h7-14,19-20H,1,3,5,15-18H2,2,4,6H3. The van der Waals surface area contributed by atoms with Gasteiger partial charge in [0.15, 0.2) is 0 Å². The third-order valence-corrected chi connectivity index (χ3v) is 6.05. The van der Waals surface area contributed by atoms with Crippen LogP contribution < -0.4 is 9.47 Å². The highest BCUT2D eigenvalue weighted by atomic mass is 19.1. The van der Waals surface area contributed by atoms with Crippen molar-refractivity contribution >= 4 is 23.9 Å². The SMILES string of the molecule is C=C(C)C(=O)OCCOC(=O)c1ccc(-c2ccc(-c3ccc(OC(=O)C(=C)C)cc3)c(F)c2)cc1OCCOC(=O)C(=C)C. The lowest BCUT2D eigenvalue weighted by Crippen LogP contribution is -2.16. The lowest BCUT2D eigenvalue weighted by molar-refractivity contribution is -0.140. The number of rotatable bonds is 14. The topological polar surface area (TPSA) is 114 Å². The fourth-order valence-electron chi connectivity index (χ4n) is 3.69. The number of carbonyl (C=O) groups is 4. The van der Waals surface area contributed by atoms with Gasteiger partial charge in [-0.3, -0.25) is 0 Å². The molecule has 0 aliphatic heterocycles. The second-order valence-electron chi connectivity index (χ2n) is 9.92. The molecule has 0 spiro atoms. The Kier molecular flexibility index (Phi) is 11.9. The number of halogens is 1. The van der Waals surface area contributed by atoms with E-state index in [1.54, 1.807) is 42.5 Å². The first kappa shape index (κ1) is 34.0. The highest BCUT2D eigenvalue weighted by Gasteiger charge is 2.18. The number of hydrogen-bond acceptors (Lipinski definition) is 9. The number of esters is 4. The normalized spacial score (nSPS) is 10.3. The quantitative estimate of drug-likeness (QED) is 0.0666. The molecule has 9 nitrogen and oxygen atoms in total. The number of benzene rings is 3. The molecule has 3 aromatic carbocycles. The Bertz CT molecular complexity index is 1640. The molecule has 10 heteroatoms. The van der Waals surface area contributed by atoms with Crippen molar-refractivity contribution in [2.45, 2.75) is 20.8 Å². The van der Waals surface area contributed by atoms with Crippen LogP contribution in [0.4, 0.5) is 4.39 Å². The molecular formula is C35H33FO9. The Morgan fingerprint density at radius 2 is 1.13 bits per heavy atom. The summed E-state index contributed by atoms with van der Waals surface area (Å²) >= 11 is 0. The summed E-state index contributed by atoms with van der Waals surface area (Å²) in [6.07, 6.45) is 0. The third-order valence-electron chi connectivity index (χ3n) is 6.05. The largest absolute Gasteiger partial charge is 0.489 e. The molecule has 0 amide bonds. The van der Waals surface area contributed by atoms with Crippen LogP contribution in [0, 0.1) is 5.82 Å². The van der Waals surface area contributed by atoms with Gasteiger partial charge in [-0.15, -0.1) is 0 Å². The minimum atomic E-state index is -0.749. The van der Waals surface area contributed by atoms with Crippen molar-refractivity contribution in [3.8, 4) is 33.8 Å². The Hall–Kier alpha value is -5.51. The monoisotopic (exact) mass is 616 g/mol. The summed E-state index contributed by atoms with van der Waals surface area (Å²) in [4.78, 5) is 47.8. The Labute approximate surface area is 260 Å². The molecule has 0 unspecified atom stereocenters. The van der Waals surface area contributed by atoms with Gasteiger partial charge in [-0.25, -0.2) is 23.6 Å². The molecule has 0 fully saturated rings. The minimum Gasteiger partial charge on any atom is -0.489 e. The zero-order valence-electron chi connectivity index (χ0n) is 25.3. The maximum absolute atomic E-state index is 15.3. The van der Waals surface area contributed by atoms with E-state index in [4.69, 9.17) is 23.7 Å². The molecular weight excluding hydrogens is 583 g/mol. The van der Waals surface area contributed by atoms with Crippen LogP contribution in [-0.4, -0.2) is 50.3 Å². The smallest absolute Gasteiger partial charge is 0.342 e. The molecule has 0 aromatic heterocycles. The first-order valence-electron chi connectivity index (χ1n) is 13.7. The van der Waals surface area contributed by atoms with E-state index in [2.05, 4.69) is 19.7 Å². The zero-order chi connectivity index (χ0) is 33.1. The van der Waals surface area contributed by atoms with Gasteiger partial charge in [0.05, 0.1) is 0 Å². The van der Waals surface area contributed by atoms with E-state index in [0.717, 1.165) is 0 Å². The van der Waals surface area contributed by atoms with Gasteiger partial charge in [0, 0.05) is 22.3 Å². The van der Waals surface area contributed by atoms with Crippen LogP contribution in [0.2, 0.25) is 0 Å². The van der Waals surface area contributed by atoms with E-state index in [1.165, 1.54) is 39.0 Å². The molecule has 0 radical (unpaired) electrons. The van der Waals surface area contributed by atoms with Crippen LogP contribution in [-0.2, 0) is 28.6 Å². The number of ether oxygens (including phenoxy) is 5. The van der Waals surface area contributed by atoms with E-state index in [9.17, 15) is 19.2 Å². The average Bonchev–Trinajstić information content (AvgIpc) is 3.01. The Morgan fingerprint density at radius 1 is 0.622 bits per heavy atom. The van der Waals surface area contributed by atoms with Crippen LogP contribution in [0.15, 0.2) is 97.1 Å². The zero-order valence-corrected chi connectivity index (χ0v) is 25.3. The van der Waals surface area contributed by atoms with Gasteiger partial charge in [-0.1, -0.05) is 50.1 Å². The lowest BCUT2D eigenvalue weighted by atomic mass is 9.98. The summed E-state index contributed by atoms with van der Waals surface area (Å²) in [5, 5.41) is 0. The number of carbonyl (C=O) groups excluding carboxylic acids is 4. The van der Waals surface area contributed by atoms with Gasteiger partial charge < -0.3 is 23.7 Å². The molecule has 0 N–H and O–H groups in total. The summed E-state index contributed by atoms with van der Waals surface area (Å²) < 4.78 is 41.5. The highest BCUT2D eigenvalue weighted by Crippen LogP contribution is 2.32. The average molecular weight is 617 g/mol. The van der Waals surface area contributed by atoms with Crippen LogP contribution in [0.3, 0.4) is 0 Å². The molecule has 3 aromatic rings. The van der Waals surface area contributed by atoms with Gasteiger partial charge in [0.1, 0.15) is 49.3 Å². The molecule has 0 bridgehead atoms. The predicted octanol–water partition coefficient (Wildman–Crippen LogP) is 6.42. The highest BCUT2D eigenvalue weighted by molar-refractivity contribution is 5.94. The lowest BCUT2D eigenvalue weighted by Gasteiger charge is -2.14. The fraction of sp³-hybridized carbons (Fsp3) is 0.200. The summed E-state index contributed by atoms with van der Waals surface area (Å²) in [6.45, 7) is 14.5. The molecule has 3 rings (SSSR count). The molecule has 0 aliphatic carbocycles. The van der Waals surface area contributed by atoms with Gasteiger partial charge in [0.25, 0.3) is 0 Å². The minimum absolute atomic E-state index is 0.0562. The van der Waals surface area contributed by atoms with Crippen LogP contribution >= 0.6 is 0 Å². The first-order chi connectivity index (χ1) is 21.4. The third kappa shape index (κ3) is 9.75. The van der Waals surface area contributed by atoms with Crippen molar-refractivity contribution in [3.05, 3.63) is 109 Å². The molecule has 0 saturated heterocycles. The predicted molar refractivity (Wildman–Crippen MR) is 165 cm³/mol. The molecule has 234 valence electrons. The van der Waals surface area contributed by atoms with E-state index >= 15 is 4.39 Å². The Morgan fingerprint density at radius 3 is 1.71 bits per heavy atom. The summed E-state index contributed by atoms with van der Waals surface area (Å²) in [6, 6.07) is 15.6. The van der Waals surface area contributed by atoms with Gasteiger partial charge >= 0.3 is 23.9 Å². The van der Waals surface area contributed by atoms with Crippen molar-refractivity contribution < 1.29 is 47.3 Å². The van der Waals surface area contributed by atoms with Gasteiger partial charge in [0.2, 0.25) is 0 Å². The Balaban J connectivity index is 1.80. The van der Waals surface area contributed by atoms with Gasteiger partial charge in [-0.05, 0) is 67.8 Å². The fourth-order valence-corrected chi connectivity index (χ4v) is 3.69. The summed E-state index contributed by atoms with van der Waals surface area (Å²) in [5.41, 5.74) is 2.66. The second kappa shape index (κ2) is 15.8. The van der Waals surface area contributed by atoms with Crippen molar-refractivity contribution in [1.29, 1.82) is 0 Å². The first-order valence-corrected chi connectivity index (χ1v) is 13.7. The van der Waals surface area contributed by atoms with Crippen LogP contribution in [0.1, 0.15) is 31.1 Å². The van der Waals surface area contributed by atoms with E-state index in [-0.39, 0.29) is 54.5 Å². The van der Waals surface area contributed by atoms with Gasteiger partial charge in [-0.2, -0.15) is 0 Å². The molecule has 45 heavy (non-hydrogen) atoms.